The zero-order chi connectivity index (χ0) is 21.2. The van der Waals surface area contributed by atoms with E-state index >= 15 is 0 Å². The number of amides is 1. The van der Waals surface area contributed by atoms with Crippen molar-refractivity contribution in [2.45, 2.75) is 45.3 Å². The minimum Gasteiger partial charge on any atom is -0.444 e. The first-order valence-corrected chi connectivity index (χ1v) is 10.3. The molecule has 0 saturated heterocycles. The zero-order valence-electron chi connectivity index (χ0n) is 17.1. The fourth-order valence-corrected chi connectivity index (χ4v) is 3.69. The molecule has 29 heavy (non-hydrogen) atoms. The van der Waals surface area contributed by atoms with Gasteiger partial charge in [-0.2, -0.15) is 5.10 Å². The van der Waals surface area contributed by atoms with Gasteiger partial charge in [0.15, 0.2) is 0 Å². The fourth-order valence-electron chi connectivity index (χ4n) is 3.42. The fraction of sp³-hybridized carbons (Fsp3) is 0.364. The molecule has 3 rings (SSSR count). The van der Waals surface area contributed by atoms with Crippen LogP contribution in [0.15, 0.2) is 53.1 Å². The molecule has 0 aliphatic heterocycles. The molecule has 154 valence electrons. The molecule has 1 heterocycles. The maximum absolute atomic E-state index is 12.2. The number of nitrogens with one attached hydrogen (secondary N) is 1. The summed E-state index contributed by atoms with van der Waals surface area (Å²) in [5.41, 5.74) is 1.09. The number of carbonyl (C=O) groups excluding carboxylic acids is 1. The molecule has 0 radical (unpaired) electrons. The Bertz CT molecular complexity index is 1000. The molecule has 2 N–H and O–H groups in total. The van der Waals surface area contributed by atoms with Gasteiger partial charge >= 0.3 is 6.09 Å². The Kier molecular flexibility index (Phi) is 6.00. The molecule has 7 heteroatoms. The van der Waals surface area contributed by atoms with Gasteiger partial charge in [-0.3, -0.25) is 10.00 Å². The van der Waals surface area contributed by atoms with Crippen LogP contribution in [0.5, 0.6) is 0 Å². The molecule has 3 aromatic rings. The van der Waals surface area contributed by atoms with E-state index in [0.29, 0.717) is 12.1 Å². The van der Waals surface area contributed by atoms with E-state index < -0.39 is 17.2 Å². The summed E-state index contributed by atoms with van der Waals surface area (Å²) in [4.78, 5) is 12.2. The number of fused-ring (bicyclic) bond motifs is 1. The van der Waals surface area contributed by atoms with Gasteiger partial charge in [0.25, 0.3) is 0 Å². The Labute approximate surface area is 179 Å². The summed E-state index contributed by atoms with van der Waals surface area (Å²) in [6, 6.07) is 13.5. The van der Waals surface area contributed by atoms with Gasteiger partial charge in [0, 0.05) is 9.86 Å². The van der Waals surface area contributed by atoms with Crippen molar-refractivity contribution in [1.29, 1.82) is 0 Å². The van der Waals surface area contributed by atoms with E-state index in [2.05, 4.69) is 26.3 Å². The van der Waals surface area contributed by atoms with Crippen molar-refractivity contribution in [1.82, 2.24) is 9.78 Å². The zero-order valence-corrected chi connectivity index (χ0v) is 18.7. The Morgan fingerprint density at radius 1 is 1.21 bits per heavy atom. The first-order valence-electron chi connectivity index (χ1n) is 9.54. The van der Waals surface area contributed by atoms with Crippen molar-refractivity contribution in [3.05, 3.63) is 58.7 Å². The highest BCUT2D eigenvalue weighted by molar-refractivity contribution is 9.10. The first-order chi connectivity index (χ1) is 13.7. The SMILES string of the molecule is CCC(CO)(c1ccc(Br)cc1)n1ncc2c(NC(=O)OC(C)(C)C)cccc21. The molecule has 0 bridgehead atoms. The second-order valence-corrected chi connectivity index (χ2v) is 8.89. The molecule has 1 atom stereocenters. The monoisotopic (exact) mass is 459 g/mol. The standard InChI is InChI=1S/C22H26BrN3O3/c1-5-22(14-27,15-9-11-16(23)12-10-15)26-19-8-6-7-18(17(19)13-24-26)25-20(28)29-21(2,3)4/h6-13,27H,5,14H2,1-4H3,(H,25,28). The smallest absolute Gasteiger partial charge is 0.412 e. The van der Waals surface area contributed by atoms with Gasteiger partial charge < -0.3 is 9.84 Å². The molecular formula is C22H26BrN3O3. The third kappa shape index (κ3) is 4.31. The van der Waals surface area contributed by atoms with E-state index in [1.165, 1.54) is 0 Å². The molecule has 6 nitrogen and oxygen atoms in total. The van der Waals surface area contributed by atoms with Crippen LogP contribution in [0.25, 0.3) is 10.9 Å². The number of rotatable bonds is 5. The summed E-state index contributed by atoms with van der Waals surface area (Å²) in [6.07, 6.45) is 1.83. The molecule has 0 fully saturated rings. The number of carbonyl (C=O) groups is 1. The average molecular weight is 460 g/mol. The quantitative estimate of drug-likeness (QED) is 0.543. The van der Waals surface area contributed by atoms with Crippen LogP contribution in [0.4, 0.5) is 10.5 Å². The molecule has 1 aromatic heterocycles. The van der Waals surface area contributed by atoms with Crippen molar-refractivity contribution >= 4 is 38.6 Å². The molecular weight excluding hydrogens is 434 g/mol. The second-order valence-electron chi connectivity index (χ2n) is 7.97. The Hall–Kier alpha value is -2.38. The largest absolute Gasteiger partial charge is 0.444 e. The van der Waals surface area contributed by atoms with Crippen LogP contribution in [0.2, 0.25) is 0 Å². The highest BCUT2D eigenvalue weighted by Crippen LogP contribution is 2.35. The van der Waals surface area contributed by atoms with Crippen LogP contribution >= 0.6 is 15.9 Å². The number of ether oxygens (including phenoxy) is 1. The molecule has 2 aromatic carbocycles. The van der Waals surface area contributed by atoms with E-state index in [1.807, 2.05) is 74.8 Å². The number of aliphatic hydroxyl groups is 1. The minimum absolute atomic E-state index is 0.106. The summed E-state index contributed by atoms with van der Waals surface area (Å²) in [6.45, 7) is 7.38. The third-order valence-corrected chi connectivity index (χ3v) is 5.41. The Morgan fingerprint density at radius 3 is 2.48 bits per heavy atom. The van der Waals surface area contributed by atoms with E-state index in [4.69, 9.17) is 4.74 Å². The third-order valence-electron chi connectivity index (χ3n) is 4.88. The molecule has 1 unspecified atom stereocenters. The van der Waals surface area contributed by atoms with E-state index in [-0.39, 0.29) is 6.61 Å². The lowest BCUT2D eigenvalue weighted by Gasteiger charge is -2.32. The lowest BCUT2D eigenvalue weighted by atomic mass is 9.88. The van der Waals surface area contributed by atoms with Crippen LogP contribution in [-0.2, 0) is 10.3 Å². The maximum Gasteiger partial charge on any atom is 0.412 e. The predicted molar refractivity (Wildman–Crippen MR) is 118 cm³/mol. The molecule has 0 spiro atoms. The Morgan fingerprint density at radius 2 is 1.90 bits per heavy atom. The van der Waals surface area contributed by atoms with Crippen LogP contribution in [0.1, 0.15) is 39.7 Å². The molecule has 0 saturated carbocycles. The van der Waals surface area contributed by atoms with E-state index in [0.717, 1.165) is 20.9 Å². The van der Waals surface area contributed by atoms with Crippen molar-refractivity contribution in [2.75, 3.05) is 11.9 Å². The minimum atomic E-state index is -0.715. The molecule has 0 aliphatic carbocycles. The number of halogens is 1. The van der Waals surface area contributed by atoms with Crippen molar-refractivity contribution in [3.8, 4) is 0 Å². The summed E-state index contributed by atoms with van der Waals surface area (Å²) in [5.74, 6) is 0. The first kappa shape index (κ1) is 21.3. The van der Waals surface area contributed by atoms with Gasteiger partial charge in [-0.05, 0) is 57.0 Å². The normalized spacial score (nSPS) is 13.9. The number of benzene rings is 2. The maximum atomic E-state index is 12.2. The number of aromatic nitrogens is 2. The van der Waals surface area contributed by atoms with Gasteiger partial charge in [-0.15, -0.1) is 0 Å². The van der Waals surface area contributed by atoms with Crippen LogP contribution < -0.4 is 5.32 Å². The second kappa shape index (κ2) is 8.16. The summed E-state index contributed by atoms with van der Waals surface area (Å²) < 4.78 is 8.18. The van der Waals surface area contributed by atoms with Crippen molar-refractivity contribution in [2.24, 2.45) is 0 Å². The number of nitrogens with zero attached hydrogens (tertiary/aromatic N) is 2. The van der Waals surface area contributed by atoms with Gasteiger partial charge in [-0.25, -0.2) is 4.79 Å². The Balaban J connectivity index is 2.06. The van der Waals surface area contributed by atoms with Crippen molar-refractivity contribution < 1.29 is 14.6 Å². The summed E-state index contributed by atoms with van der Waals surface area (Å²) >= 11 is 3.46. The highest BCUT2D eigenvalue weighted by Gasteiger charge is 2.34. The summed E-state index contributed by atoms with van der Waals surface area (Å²) in [5, 5.41) is 18.6. The number of anilines is 1. The number of aliphatic hydroxyl groups excluding tert-OH is 1. The summed E-state index contributed by atoms with van der Waals surface area (Å²) in [7, 11) is 0. The molecule has 0 aliphatic rings. The van der Waals surface area contributed by atoms with Gasteiger partial charge in [-0.1, -0.05) is 41.1 Å². The van der Waals surface area contributed by atoms with Crippen LogP contribution in [-0.4, -0.2) is 33.2 Å². The van der Waals surface area contributed by atoms with Crippen molar-refractivity contribution in [3.63, 3.8) is 0 Å². The number of hydrogen-bond acceptors (Lipinski definition) is 4. The lowest BCUT2D eigenvalue weighted by Crippen LogP contribution is -2.39. The average Bonchev–Trinajstić information content (AvgIpc) is 3.09. The van der Waals surface area contributed by atoms with Gasteiger partial charge in [0.1, 0.15) is 11.1 Å². The predicted octanol–water partition coefficient (Wildman–Crippen LogP) is 5.29. The number of hydrogen-bond donors (Lipinski definition) is 2. The van der Waals surface area contributed by atoms with Crippen LogP contribution in [0.3, 0.4) is 0 Å². The van der Waals surface area contributed by atoms with Gasteiger partial charge in [0.2, 0.25) is 0 Å². The van der Waals surface area contributed by atoms with E-state index in [1.54, 1.807) is 6.20 Å². The van der Waals surface area contributed by atoms with E-state index in [9.17, 15) is 9.90 Å². The molecule has 1 amide bonds. The topological polar surface area (TPSA) is 76.4 Å². The van der Waals surface area contributed by atoms with Crippen LogP contribution in [0, 0.1) is 0 Å². The lowest BCUT2D eigenvalue weighted by molar-refractivity contribution is 0.0636. The van der Waals surface area contributed by atoms with Gasteiger partial charge in [0.05, 0.1) is 24.0 Å². The highest BCUT2D eigenvalue weighted by atomic mass is 79.9.